The molecule has 0 aliphatic heterocycles. The highest BCUT2D eigenvalue weighted by Crippen LogP contribution is 2.13. The third-order valence-electron chi connectivity index (χ3n) is 2.21. The van der Waals surface area contributed by atoms with E-state index in [-0.39, 0.29) is 6.03 Å². The molecule has 2 amide bonds. The van der Waals surface area contributed by atoms with Crippen molar-refractivity contribution in [1.82, 2.24) is 15.1 Å². The van der Waals surface area contributed by atoms with Crippen LogP contribution in [0.1, 0.15) is 6.92 Å². The summed E-state index contributed by atoms with van der Waals surface area (Å²) < 4.78 is 1.74. The number of hydrogen-bond donors (Lipinski definition) is 2. The number of aromatic nitrogens is 2. The zero-order valence-electron chi connectivity index (χ0n) is 9.55. The SMILES string of the molecule is CCNC(=O)Nc1cccc(-n2cccn2)c1. The Morgan fingerprint density at radius 2 is 2.29 bits per heavy atom. The zero-order valence-corrected chi connectivity index (χ0v) is 9.55. The molecule has 5 heteroatoms. The Morgan fingerprint density at radius 3 is 3.00 bits per heavy atom. The standard InChI is InChI=1S/C12H14N4O/c1-2-13-12(17)15-10-5-3-6-11(9-10)16-8-4-7-14-16/h3-9H,2H2,1H3,(H2,13,15,17). The number of carbonyl (C=O) groups is 1. The normalized spacial score (nSPS) is 9.94. The van der Waals surface area contributed by atoms with Crippen LogP contribution in [0.15, 0.2) is 42.7 Å². The van der Waals surface area contributed by atoms with Crippen molar-refractivity contribution >= 4 is 11.7 Å². The molecule has 0 bridgehead atoms. The fraction of sp³-hybridized carbons (Fsp3) is 0.167. The van der Waals surface area contributed by atoms with Gasteiger partial charge in [-0.05, 0) is 31.2 Å². The summed E-state index contributed by atoms with van der Waals surface area (Å²) in [6.45, 7) is 2.48. The molecule has 0 fully saturated rings. The predicted octanol–water partition coefficient (Wildman–Crippen LogP) is 2.01. The monoisotopic (exact) mass is 230 g/mol. The predicted molar refractivity (Wildman–Crippen MR) is 66.3 cm³/mol. The summed E-state index contributed by atoms with van der Waals surface area (Å²) >= 11 is 0. The number of benzene rings is 1. The van der Waals surface area contributed by atoms with Gasteiger partial charge in [-0.25, -0.2) is 9.48 Å². The summed E-state index contributed by atoms with van der Waals surface area (Å²) in [5.74, 6) is 0. The minimum atomic E-state index is -0.204. The van der Waals surface area contributed by atoms with Gasteiger partial charge in [0.05, 0.1) is 5.69 Å². The number of amides is 2. The van der Waals surface area contributed by atoms with Crippen molar-refractivity contribution in [2.45, 2.75) is 6.92 Å². The zero-order chi connectivity index (χ0) is 12.1. The second kappa shape index (κ2) is 5.16. The Kier molecular flexibility index (Phi) is 3.40. The Morgan fingerprint density at radius 1 is 1.41 bits per heavy atom. The molecule has 17 heavy (non-hydrogen) atoms. The van der Waals surface area contributed by atoms with E-state index in [0.29, 0.717) is 6.54 Å². The number of nitrogens with zero attached hydrogens (tertiary/aromatic N) is 2. The third kappa shape index (κ3) is 2.84. The molecule has 0 unspecified atom stereocenters. The fourth-order valence-electron chi connectivity index (χ4n) is 1.48. The molecule has 88 valence electrons. The first kappa shape index (κ1) is 11.2. The highest BCUT2D eigenvalue weighted by Gasteiger charge is 2.01. The van der Waals surface area contributed by atoms with Gasteiger partial charge in [-0.2, -0.15) is 5.10 Å². The van der Waals surface area contributed by atoms with Crippen LogP contribution in [0.5, 0.6) is 0 Å². The Balaban J connectivity index is 2.15. The van der Waals surface area contributed by atoms with Crippen molar-refractivity contribution in [2.24, 2.45) is 0 Å². The molecule has 1 aromatic heterocycles. The van der Waals surface area contributed by atoms with Crippen molar-refractivity contribution in [1.29, 1.82) is 0 Å². The average Bonchev–Trinajstić information content (AvgIpc) is 2.83. The average molecular weight is 230 g/mol. The van der Waals surface area contributed by atoms with Gasteiger partial charge in [-0.15, -0.1) is 0 Å². The summed E-state index contributed by atoms with van der Waals surface area (Å²) in [7, 11) is 0. The van der Waals surface area contributed by atoms with Crippen LogP contribution >= 0.6 is 0 Å². The molecule has 2 aromatic rings. The highest BCUT2D eigenvalue weighted by molar-refractivity contribution is 5.89. The van der Waals surface area contributed by atoms with E-state index in [2.05, 4.69) is 15.7 Å². The molecule has 1 aromatic carbocycles. The number of hydrogen-bond acceptors (Lipinski definition) is 2. The number of urea groups is 1. The second-order valence-electron chi connectivity index (χ2n) is 3.49. The van der Waals surface area contributed by atoms with Crippen molar-refractivity contribution in [3.05, 3.63) is 42.7 Å². The lowest BCUT2D eigenvalue weighted by Gasteiger charge is -2.07. The molecule has 0 spiro atoms. The maximum absolute atomic E-state index is 11.4. The van der Waals surface area contributed by atoms with Crippen molar-refractivity contribution in [3.63, 3.8) is 0 Å². The lowest BCUT2D eigenvalue weighted by molar-refractivity contribution is 0.252. The topological polar surface area (TPSA) is 59.0 Å². The van der Waals surface area contributed by atoms with Crippen LogP contribution in [0.2, 0.25) is 0 Å². The van der Waals surface area contributed by atoms with Gasteiger partial charge in [0.2, 0.25) is 0 Å². The molecule has 2 rings (SSSR count). The lowest BCUT2D eigenvalue weighted by atomic mass is 10.3. The molecule has 2 N–H and O–H groups in total. The van der Waals surface area contributed by atoms with Crippen molar-refractivity contribution in [2.75, 3.05) is 11.9 Å². The van der Waals surface area contributed by atoms with Gasteiger partial charge in [0.25, 0.3) is 0 Å². The van der Waals surface area contributed by atoms with Gasteiger partial charge in [-0.1, -0.05) is 6.07 Å². The number of nitrogens with one attached hydrogen (secondary N) is 2. The van der Waals surface area contributed by atoms with Gasteiger partial charge in [0.15, 0.2) is 0 Å². The molecule has 0 saturated heterocycles. The molecule has 1 heterocycles. The maximum atomic E-state index is 11.4. The van der Waals surface area contributed by atoms with Gasteiger partial charge in [-0.3, -0.25) is 0 Å². The summed E-state index contributed by atoms with van der Waals surface area (Å²) in [4.78, 5) is 11.4. The van der Waals surface area contributed by atoms with Crippen LogP contribution in [-0.2, 0) is 0 Å². The van der Waals surface area contributed by atoms with Gasteiger partial charge in [0.1, 0.15) is 0 Å². The van der Waals surface area contributed by atoms with Crippen LogP contribution in [0.3, 0.4) is 0 Å². The first-order valence-electron chi connectivity index (χ1n) is 5.44. The van der Waals surface area contributed by atoms with E-state index in [1.54, 1.807) is 10.9 Å². The summed E-state index contributed by atoms with van der Waals surface area (Å²) in [5, 5.41) is 9.56. The minimum Gasteiger partial charge on any atom is -0.338 e. The van der Waals surface area contributed by atoms with Crippen LogP contribution in [-0.4, -0.2) is 22.4 Å². The Labute approximate surface area is 99.5 Å². The largest absolute Gasteiger partial charge is 0.338 e. The minimum absolute atomic E-state index is 0.204. The Hall–Kier alpha value is -2.30. The van der Waals surface area contributed by atoms with Gasteiger partial charge in [0, 0.05) is 24.6 Å². The molecular formula is C12H14N4O. The third-order valence-corrected chi connectivity index (χ3v) is 2.21. The van der Waals surface area contributed by atoms with Crippen LogP contribution in [0.25, 0.3) is 5.69 Å². The molecule has 0 radical (unpaired) electrons. The lowest BCUT2D eigenvalue weighted by Crippen LogP contribution is -2.28. The molecular weight excluding hydrogens is 216 g/mol. The smallest absolute Gasteiger partial charge is 0.319 e. The van der Waals surface area contributed by atoms with E-state index < -0.39 is 0 Å². The highest BCUT2D eigenvalue weighted by atomic mass is 16.2. The first-order chi connectivity index (χ1) is 8.29. The molecule has 0 atom stereocenters. The fourth-order valence-corrected chi connectivity index (χ4v) is 1.48. The summed E-state index contributed by atoms with van der Waals surface area (Å²) in [6.07, 6.45) is 3.56. The maximum Gasteiger partial charge on any atom is 0.319 e. The van der Waals surface area contributed by atoms with E-state index in [0.717, 1.165) is 11.4 Å². The summed E-state index contributed by atoms with van der Waals surface area (Å²) in [6, 6.07) is 9.15. The van der Waals surface area contributed by atoms with Crippen LogP contribution in [0.4, 0.5) is 10.5 Å². The summed E-state index contributed by atoms with van der Waals surface area (Å²) in [5.41, 5.74) is 1.65. The first-order valence-corrected chi connectivity index (χ1v) is 5.44. The van der Waals surface area contributed by atoms with E-state index in [1.807, 2.05) is 43.5 Å². The second-order valence-corrected chi connectivity index (χ2v) is 3.49. The molecule has 5 nitrogen and oxygen atoms in total. The van der Waals surface area contributed by atoms with E-state index in [9.17, 15) is 4.79 Å². The quantitative estimate of drug-likeness (QED) is 0.847. The Bertz CT molecular complexity index is 493. The number of rotatable bonds is 3. The molecule has 0 saturated carbocycles. The van der Waals surface area contributed by atoms with Crippen LogP contribution < -0.4 is 10.6 Å². The molecule has 0 aliphatic carbocycles. The van der Waals surface area contributed by atoms with Crippen molar-refractivity contribution < 1.29 is 4.79 Å². The van der Waals surface area contributed by atoms with Crippen LogP contribution in [0, 0.1) is 0 Å². The van der Waals surface area contributed by atoms with Gasteiger partial charge >= 0.3 is 6.03 Å². The van der Waals surface area contributed by atoms with Gasteiger partial charge < -0.3 is 10.6 Å². The molecule has 0 aliphatic rings. The van der Waals surface area contributed by atoms with E-state index in [4.69, 9.17) is 0 Å². The number of carbonyl (C=O) groups excluding carboxylic acids is 1. The van der Waals surface area contributed by atoms with E-state index >= 15 is 0 Å². The van der Waals surface area contributed by atoms with Crippen molar-refractivity contribution in [3.8, 4) is 5.69 Å². The number of anilines is 1. The van der Waals surface area contributed by atoms with E-state index in [1.165, 1.54) is 0 Å².